The molecule has 31 heavy (non-hydrogen) atoms. The molecular formula is C24H25IN2O3S. The van der Waals surface area contributed by atoms with Gasteiger partial charge in [-0.2, -0.15) is 0 Å². The van der Waals surface area contributed by atoms with E-state index < -0.39 is 10.0 Å². The number of carbonyl (C=O) groups is 1. The van der Waals surface area contributed by atoms with Crippen LogP contribution in [0.5, 0.6) is 0 Å². The number of amides is 1. The zero-order valence-corrected chi connectivity index (χ0v) is 20.6. The highest BCUT2D eigenvalue weighted by molar-refractivity contribution is 14.1. The van der Waals surface area contributed by atoms with E-state index in [0.717, 1.165) is 33.0 Å². The first-order chi connectivity index (χ1) is 14.7. The van der Waals surface area contributed by atoms with Crippen LogP contribution in [0.2, 0.25) is 0 Å². The molecule has 0 heterocycles. The average Bonchev–Trinajstić information content (AvgIpc) is 3.12. The Morgan fingerprint density at radius 3 is 2.55 bits per heavy atom. The van der Waals surface area contributed by atoms with Crippen molar-refractivity contribution < 1.29 is 13.2 Å². The van der Waals surface area contributed by atoms with E-state index in [1.165, 1.54) is 27.1 Å². The second kappa shape index (κ2) is 8.78. The van der Waals surface area contributed by atoms with Crippen molar-refractivity contribution in [2.75, 3.05) is 22.4 Å². The van der Waals surface area contributed by atoms with Crippen LogP contribution in [0.4, 0.5) is 11.4 Å². The smallest absolute Gasteiger partial charge is 0.232 e. The van der Waals surface area contributed by atoms with Crippen LogP contribution in [0.25, 0.3) is 10.8 Å². The van der Waals surface area contributed by atoms with Gasteiger partial charge in [0, 0.05) is 27.6 Å². The molecule has 0 fully saturated rings. The number of anilines is 2. The van der Waals surface area contributed by atoms with Crippen LogP contribution in [0, 0.1) is 10.5 Å². The van der Waals surface area contributed by atoms with Crippen molar-refractivity contribution in [3.05, 3.63) is 68.8 Å². The fourth-order valence-corrected chi connectivity index (χ4v) is 5.99. The highest BCUT2D eigenvalue weighted by Crippen LogP contribution is 2.35. The molecule has 3 aromatic rings. The SMILES string of the molecule is Cc1cc(I)ccc1N(CCCC(=O)Nc1ccc2c3c(cccc13)CC2)S(C)(=O)=O. The Labute approximate surface area is 197 Å². The molecule has 162 valence electrons. The second-order valence-corrected chi connectivity index (χ2v) is 11.2. The van der Waals surface area contributed by atoms with Gasteiger partial charge >= 0.3 is 0 Å². The second-order valence-electron chi connectivity index (χ2n) is 8.03. The molecular weight excluding hydrogens is 523 g/mol. The molecule has 1 N–H and O–H groups in total. The topological polar surface area (TPSA) is 66.5 Å². The van der Waals surface area contributed by atoms with Crippen LogP contribution in [0.1, 0.15) is 29.5 Å². The third kappa shape index (κ3) is 4.72. The van der Waals surface area contributed by atoms with E-state index in [1.807, 2.05) is 43.3 Å². The molecule has 0 radical (unpaired) electrons. The minimum atomic E-state index is -3.44. The number of halogens is 1. The van der Waals surface area contributed by atoms with Gasteiger partial charge in [-0.15, -0.1) is 0 Å². The van der Waals surface area contributed by atoms with Gasteiger partial charge in [0.1, 0.15) is 0 Å². The summed E-state index contributed by atoms with van der Waals surface area (Å²) in [7, 11) is -3.44. The molecule has 0 saturated carbocycles. The molecule has 0 unspecified atom stereocenters. The number of nitrogens with one attached hydrogen (secondary N) is 1. The zero-order valence-electron chi connectivity index (χ0n) is 17.6. The van der Waals surface area contributed by atoms with Gasteiger partial charge in [0.25, 0.3) is 0 Å². The lowest BCUT2D eigenvalue weighted by atomic mass is 10.0. The van der Waals surface area contributed by atoms with E-state index >= 15 is 0 Å². The predicted molar refractivity (Wildman–Crippen MR) is 135 cm³/mol. The van der Waals surface area contributed by atoms with E-state index in [9.17, 15) is 13.2 Å². The summed E-state index contributed by atoms with van der Waals surface area (Å²) < 4.78 is 27.2. The molecule has 1 aliphatic rings. The number of nitrogens with zero attached hydrogens (tertiary/aromatic N) is 1. The first kappa shape index (κ1) is 22.1. The first-order valence-corrected chi connectivity index (χ1v) is 13.2. The van der Waals surface area contributed by atoms with E-state index in [4.69, 9.17) is 0 Å². The third-order valence-electron chi connectivity index (χ3n) is 5.74. The monoisotopic (exact) mass is 548 g/mol. The molecule has 0 saturated heterocycles. The molecule has 4 rings (SSSR count). The highest BCUT2D eigenvalue weighted by atomic mass is 127. The molecule has 7 heteroatoms. The minimum absolute atomic E-state index is 0.105. The number of hydrogen-bond donors (Lipinski definition) is 1. The Hall–Kier alpha value is -2.13. The molecule has 1 aliphatic carbocycles. The number of benzene rings is 3. The zero-order chi connectivity index (χ0) is 22.2. The summed E-state index contributed by atoms with van der Waals surface area (Å²) >= 11 is 2.21. The number of carbonyl (C=O) groups excluding carboxylic acids is 1. The maximum absolute atomic E-state index is 12.6. The quantitative estimate of drug-likeness (QED) is 0.421. The fourth-order valence-electron chi connectivity index (χ4n) is 4.32. The number of aryl methyl sites for hydroxylation is 3. The van der Waals surface area contributed by atoms with Gasteiger partial charge in [0.15, 0.2) is 0 Å². The van der Waals surface area contributed by atoms with Crippen molar-refractivity contribution in [2.45, 2.75) is 32.6 Å². The van der Waals surface area contributed by atoms with Crippen molar-refractivity contribution >= 4 is 60.7 Å². The van der Waals surface area contributed by atoms with E-state index in [1.54, 1.807) is 0 Å². The predicted octanol–water partition coefficient (Wildman–Crippen LogP) is 5.04. The van der Waals surface area contributed by atoms with Crippen LogP contribution in [-0.2, 0) is 27.7 Å². The molecule has 0 bridgehead atoms. The summed E-state index contributed by atoms with van der Waals surface area (Å²) in [6, 6.07) is 16.0. The maximum Gasteiger partial charge on any atom is 0.232 e. The van der Waals surface area contributed by atoms with Gasteiger partial charge in [-0.1, -0.05) is 24.3 Å². The van der Waals surface area contributed by atoms with Crippen molar-refractivity contribution in [2.24, 2.45) is 0 Å². The van der Waals surface area contributed by atoms with Crippen molar-refractivity contribution in [3.8, 4) is 0 Å². The summed E-state index contributed by atoms with van der Waals surface area (Å²) in [6.45, 7) is 2.16. The Morgan fingerprint density at radius 1 is 1.10 bits per heavy atom. The third-order valence-corrected chi connectivity index (χ3v) is 7.59. The Morgan fingerprint density at radius 2 is 1.84 bits per heavy atom. The van der Waals surface area contributed by atoms with Crippen LogP contribution in [0.3, 0.4) is 0 Å². The largest absolute Gasteiger partial charge is 0.326 e. The number of hydrogen-bond acceptors (Lipinski definition) is 3. The summed E-state index contributed by atoms with van der Waals surface area (Å²) in [5.74, 6) is -0.105. The Bertz CT molecular complexity index is 1260. The van der Waals surface area contributed by atoms with Gasteiger partial charge in [0.2, 0.25) is 15.9 Å². The Balaban J connectivity index is 1.45. The van der Waals surface area contributed by atoms with E-state index in [2.05, 4.69) is 40.0 Å². The summed E-state index contributed by atoms with van der Waals surface area (Å²) in [5, 5.41) is 5.37. The van der Waals surface area contributed by atoms with Crippen molar-refractivity contribution in [1.29, 1.82) is 0 Å². The van der Waals surface area contributed by atoms with Crippen molar-refractivity contribution in [1.82, 2.24) is 0 Å². The lowest BCUT2D eigenvalue weighted by Gasteiger charge is -2.24. The van der Waals surface area contributed by atoms with Gasteiger partial charge in [-0.3, -0.25) is 9.10 Å². The van der Waals surface area contributed by atoms with Crippen molar-refractivity contribution in [3.63, 3.8) is 0 Å². The lowest BCUT2D eigenvalue weighted by Crippen LogP contribution is -2.32. The van der Waals surface area contributed by atoms with Crippen LogP contribution in [0.15, 0.2) is 48.5 Å². The number of sulfonamides is 1. The van der Waals surface area contributed by atoms with Gasteiger partial charge in [0.05, 0.1) is 11.9 Å². The number of rotatable bonds is 7. The first-order valence-electron chi connectivity index (χ1n) is 10.3. The standard InChI is InChI=1S/C24H25IN2O3S/c1-16-15-19(25)11-13-22(16)27(31(2,29)30)14-4-7-23(28)26-21-12-10-18-9-8-17-5-3-6-20(21)24(17)18/h3,5-6,10-13,15H,4,7-9,14H2,1-2H3,(H,26,28). The molecule has 0 spiro atoms. The van der Waals surface area contributed by atoms with Gasteiger partial charge in [-0.05, 0) is 95.1 Å². The molecule has 0 atom stereocenters. The summed E-state index contributed by atoms with van der Waals surface area (Å²) in [4.78, 5) is 12.6. The van der Waals surface area contributed by atoms with Crippen LogP contribution < -0.4 is 9.62 Å². The van der Waals surface area contributed by atoms with Crippen LogP contribution >= 0.6 is 22.6 Å². The molecule has 0 aliphatic heterocycles. The van der Waals surface area contributed by atoms with E-state index in [-0.39, 0.29) is 18.9 Å². The average molecular weight is 548 g/mol. The van der Waals surface area contributed by atoms with Crippen LogP contribution in [-0.4, -0.2) is 27.1 Å². The molecule has 3 aromatic carbocycles. The summed E-state index contributed by atoms with van der Waals surface area (Å²) in [5.41, 5.74) is 5.05. The highest BCUT2D eigenvalue weighted by Gasteiger charge is 2.20. The van der Waals surface area contributed by atoms with E-state index in [0.29, 0.717) is 12.1 Å². The molecule has 5 nitrogen and oxygen atoms in total. The fraction of sp³-hybridized carbons (Fsp3) is 0.292. The maximum atomic E-state index is 12.6. The minimum Gasteiger partial charge on any atom is -0.326 e. The molecule has 1 amide bonds. The Kier molecular flexibility index (Phi) is 6.25. The van der Waals surface area contributed by atoms with Gasteiger partial charge in [-0.25, -0.2) is 8.42 Å². The molecule has 0 aromatic heterocycles. The van der Waals surface area contributed by atoms with Gasteiger partial charge < -0.3 is 5.32 Å². The lowest BCUT2D eigenvalue weighted by molar-refractivity contribution is -0.116. The normalized spacial score (nSPS) is 12.9. The summed E-state index contributed by atoms with van der Waals surface area (Å²) in [6.07, 6.45) is 3.98.